The average Bonchev–Trinajstić information content (AvgIpc) is 2.79. The maximum Gasteiger partial charge on any atom is 0.533 e. The Labute approximate surface area is 124 Å². The summed E-state index contributed by atoms with van der Waals surface area (Å²) < 4.78 is 4.74. The average molecular weight is 308 g/mol. The second kappa shape index (κ2) is 6.66. The summed E-state index contributed by atoms with van der Waals surface area (Å²) >= 11 is 0. The molecule has 9 nitrogen and oxygen atoms in total. The van der Waals surface area contributed by atoms with Gasteiger partial charge in [0.15, 0.2) is 0 Å². The number of nitrogens with zero attached hydrogens (tertiary/aromatic N) is 2. The minimum absolute atomic E-state index is 0.00884. The third kappa shape index (κ3) is 3.78. The number of imide groups is 1. The quantitative estimate of drug-likeness (QED) is 0.349. The minimum Gasteiger partial charge on any atom is -0.432 e. The molecule has 1 aliphatic heterocycles. The van der Waals surface area contributed by atoms with Crippen LogP contribution in [0.2, 0.25) is 0 Å². The van der Waals surface area contributed by atoms with Crippen LogP contribution < -0.4 is 0 Å². The number of nitro groups is 1. The van der Waals surface area contributed by atoms with Gasteiger partial charge in [0.2, 0.25) is 0 Å². The van der Waals surface area contributed by atoms with Crippen molar-refractivity contribution in [3.63, 3.8) is 0 Å². The summed E-state index contributed by atoms with van der Waals surface area (Å²) in [6.07, 6.45) is -0.816. The van der Waals surface area contributed by atoms with E-state index in [9.17, 15) is 24.5 Å². The number of amides is 2. The predicted molar refractivity (Wildman–Crippen MR) is 70.3 cm³/mol. The Morgan fingerprint density at radius 2 is 1.77 bits per heavy atom. The molecule has 1 heterocycles. The molecule has 0 spiro atoms. The topological polar surface area (TPSA) is 116 Å². The molecule has 0 atom stereocenters. The molecule has 116 valence electrons. The Morgan fingerprint density at radius 1 is 1.18 bits per heavy atom. The van der Waals surface area contributed by atoms with E-state index in [0.29, 0.717) is 11.5 Å². The number of nitro benzene ring substituents is 1. The number of carbonyl (C=O) groups excluding carboxylic acids is 3. The molecule has 22 heavy (non-hydrogen) atoms. The molecule has 1 aromatic rings. The number of carbonyl (C=O) groups is 3. The fourth-order valence-electron chi connectivity index (χ4n) is 1.80. The number of hydrogen-bond donors (Lipinski definition) is 0. The van der Waals surface area contributed by atoms with Crippen LogP contribution in [0.25, 0.3) is 0 Å². The number of non-ortho nitro benzene ring substituents is 1. The third-order valence-electron chi connectivity index (χ3n) is 2.93. The van der Waals surface area contributed by atoms with E-state index in [1.54, 1.807) is 12.1 Å². The normalized spacial score (nSPS) is 14.1. The first-order valence-corrected chi connectivity index (χ1v) is 6.41. The number of ether oxygens (including phenoxy) is 1. The summed E-state index contributed by atoms with van der Waals surface area (Å²) in [7, 11) is 0. The first-order valence-electron chi connectivity index (χ1n) is 6.41. The highest BCUT2D eigenvalue weighted by Gasteiger charge is 2.33. The lowest BCUT2D eigenvalue weighted by atomic mass is 10.1. The van der Waals surface area contributed by atoms with Crippen molar-refractivity contribution >= 4 is 23.7 Å². The summed E-state index contributed by atoms with van der Waals surface area (Å²) in [6, 6.07) is 5.77. The lowest BCUT2D eigenvalue weighted by Crippen LogP contribution is -2.32. The molecule has 0 saturated carbocycles. The van der Waals surface area contributed by atoms with Crippen LogP contribution in [0.5, 0.6) is 0 Å². The van der Waals surface area contributed by atoms with Gasteiger partial charge in [-0.15, -0.1) is 0 Å². The molecular weight excluding hydrogens is 296 g/mol. The number of rotatable bonds is 5. The van der Waals surface area contributed by atoms with E-state index in [2.05, 4.69) is 4.84 Å². The van der Waals surface area contributed by atoms with Crippen molar-refractivity contribution in [3.05, 3.63) is 39.9 Å². The van der Waals surface area contributed by atoms with Crippen LogP contribution in [0.4, 0.5) is 10.5 Å². The van der Waals surface area contributed by atoms with Gasteiger partial charge in [-0.1, -0.05) is 17.2 Å². The maximum atomic E-state index is 11.3. The highest BCUT2D eigenvalue weighted by atomic mass is 16.8. The second-order valence-corrected chi connectivity index (χ2v) is 4.45. The van der Waals surface area contributed by atoms with Crippen LogP contribution in [0.1, 0.15) is 18.4 Å². The summed E-state index contributed by atoms with van der Waals surface area (Å²) in [6.45, 7) is -0.0487. The van der Waals surface area contributed by atoms with Crippen molar-refractivity contribution in [3.8, 4) is 0 Å². The maximum absolute atomic E-state index is 11.3. The van der Waals surface area contributed by atoms with E-state index >= 15 is 0 Å². The Kier molecular flexibility index (Phi) is 4.66. The standard InChI is InChI=1S/C13H12N2O7/c16-11-5-6-12(17)14(11)22-13(18)21-8-7-9-1-3-10(4-2-9)15(19)20/h1-4H,5-8H2. The van der Waals surface area contributed by atoms with Crippen molar-refractivity contribution in [2.24, 2.45) is 0 Å². The van der Waals surface area contributed by atoms with E-state index in [0.717, 1.165) is 5.56 Å². The zero-order valence-corrected chi connectivity index (χ0v) is 11.4. The first kappa shape index (κ1) is 15.4. The molecule has 0 N–H and O–H groups in total. The van der Waals surface area contributed by atoms with Gasteiger partial charge in [-0.25, -0.2) is 4.79 Å². The molecule has 1 fully saturated rings. The van der Waals surface area contributed by atoms with Crippen molar-refractivity contribution in [2.45, 2.75) is 19.3 Å². The molecule has 2 rings (SSSR count). The van der Waals surface area contributed by atoms with Crippen LogP contribution in [0.3, 0.4) is 0 Å². The van der Waals surface area contributed by atoms with Crippen LogP contribution >= 0.6 is 0 Å². The molecular formula is C13H12N2O7. The SMILES string of the molecule is O=C(OCCc1ccc([N+](=O)[O-])cc1)ON1C(=O)CCC1=O. The lowest BCUT2D eigenvalue weighted by molar-refractivity contribution is -0.384. The number of benzene rings is 1. The van der Waals surface area contributed by atoms with Crippen LogP contribution in [-0.2, 0) is 25.6 Å². The molecule has 0 bridgehead atoms. The largest absolute Gasteiger partial charge is 0.533 e. The van der Waals surface area contributed by atoms with Crippen molar-refractivity contribution in [2.75, 3.05) is 6.61 Å². The van der Waals surface area contributed by atoms with E-state index < -0.39 is 22.9 Å². The van der Waals surface area contributed by atoms with Gasteiger partial charge < -0.3 is 4.74 Å². The van der Waals surface area contributed by atoms with Gasteiger partial charge in [0.25, 0.3) is 17.5 Å². The van der Waals surface area contributed by atoms with Crippen molar-refractivity contribution in [1.29, 1.82) is 0 Å². The lowest BCUT2D eigenvalue weighted by Gasteiger charge is -2.12. The zero-order chi connectivity index (χ0) is 16.1. The fraction of sp³-hybridized carbons (Fsp3) is 0.308. The molecule has 1 aromatic carbocycles. The van der Waals surface area contributed by atoms with Crippen LogP contribution in [0.15, 0.2) is 24.3 Å². The van der Waals surface area contributed by atoms with E-state index in [1.807, 2.05) is 0 Å². The van der Waals surface area contributed by atoms with Gasteiger partial charge in [0.1, 0.15) is 0 Å². The summed E-state index contributed by atoms with van der Waals surface area (Å²) in [5.74, 6) is -1.17. The molecule has 9 heteroatoms. The molecule has 1 aliphatic rings. The Morgan fingerprint density at radius 3 is 2.32 bits per heavy atom. The van der Waals surface area contributed by atoms with Crippen molar-refractivity contribution < 1.29 is 28.9 Å². The summed E-state index contributed by atoms with van der Waals surface area (Å²) in [4.78, 5) is 48.3. The second-order valence-electron chi connectivity index (χ2n) is 4.45. The van der Waals surface area contributed by atoms with Gasteiger partial charge in [-0.2, -0.15) is 0 Å². The smallest absolute Gasteiger partial charge is 0.432 e. The molecule has 0 aliphatic carbocycles. The van der Waals surface area contributed by atoms with Gasteiger partial charge >= 0.3 is 6.16 Å². The predicted octanol–water partition coefficient (Wildman–Crippen LogP) is 1.35. The Balaban J connectivity index is 1.76. The fourth-order valence-corrected chi connectivity index (χ4v) is 1.80. The van der Waals surface area contributed by atoms with Gasteiger partial charge in [0.05, 0.1) is 11.5 Å². The number of hydroxylamine groups is 2. The summed E-state index contributed by atoms with van der Waals surface area (Å²) in [5.41, 5.74) is 0.696. The van der Waals surface area contributed by atoms with Crippen LogP contribution in [-0.4, -0.2) is 34.6 Å². The van der Waals surface area contributed by atoms with Gasteiger partial charge in [-0.05, 0) is 5.56 Å². The van der Waals surface area contributed by atoms with Gasteiger partial charge in [-0.3, -0.25) is 24.5 Å². The van der Waals surface area contributed by atoms with Crippen LogP contribution in [0, 0.1) is 10.1 Å². The molecule has 0 aromatic heterocycles. The Bertz CT molecular complexity index is 595. The van der Waals surface area contributed by atoms with E-state index in [4.69, 9.17) is 4.74 Å². The molecule has 0 unspecified atom stereocenters. The molecule has 2 amide bonds. The highest BCUT2D eigenvalue weighted by molar-refractivity contribution is 6.01. The number of hydrogen-bond acceptors (Lipinski definition) is 7. The minimum atomic E-state index is -1.15. The van der Waals surface area contributed by atoms with E-state index in [-0.39, 0.29) is 25.1 Å². The molecule has 0 radical (unpaired) electrons. The monoisotopic (exact) mass is 308 g/mol. The first-order chi connectivity index (χ1) is 10.5. The van der Waals surface area contributed by atoms with E-state index in [1.165, 1.54) is 12.1 Å². The Hall–Kier alpha value is -2.97. The highest BCUT2D eigenvalue weighted by Crippen LogP contribution is 2.14. The van der Waals surface area contributed by atoms with Gasteiger partial charge in [0, 0.05) is 31.4 Å². The zero-order valence-electron chi connectivity index (χ0n) is 11.4. The van der Waals surface area contributed by atoms with Crippen molar-refractivity contribution in [1.82, 2.24) is 5.06 Å². The molecule has 1 saturated heterocycles. The summed E-state index contributed by atoms with van der Waals surface area (Å²) in [5, 5.41) is 10.9. The third-order valence-corrected chi connectivity index (χ3v) is 2.93.